The van der Waals surface area contributed by atoms with Crippen LogP contribution in [-0.4, -0.2) is 10.9 Å². The van der Waals surface area contributed by atoms with E-state index in [0.717, 1.165) is 6.07 Å². The first-order valence-corrected chi connectivity index (χ1v) is 4.46. The molecule has 0 saturated carbocycles. The summed E-state index contributed by atoms with van der Waals surface area (Å²) in [7, 11) is 0. The van der Waals surface area contributed by atoms with Crippen LogP contribution in [-0.2, 0) is 0 Å². The maximum Gasteiger partial charge on any atom is 0.172 e. The van der Waals surface area contributed by atoms with Gasteiger partial charge in [0, 0.05) is 11.5 Å². The zero-order valence-electron chi connectivity index (χ0n) is 8.77. The molecule has 0 radical (unpaired) electrons. The lowest BCUT2D eigenvalue weighted by atomic mass is 9.86. The highest BCUT2D eigenvalue weighted by atomic mass is 19.1. The summed E-state index contributed by atoms with van der Waals surface area (Å²) in [5, 5.41) is 9.29. The molecule has 4 heteroatoms. The number of halogens is 2. The highest BCUT2D eigenvalue weighted by Gasteiger charge is 2.27. The summed E-state index contributed by atoms with van der Waals surface area (Å²) < 4.78 is 25.8. The lowest BCUT2D eigenvalue weighted by Gasteiger charge is -2.17. The number of phenols is 1. The van der Waals surface area contributed by atoms with E-state index in [0.29, 0.717) is 6.07 Å². The Morgan fingerprint density at radius 3 is 2.27 bits per heavy atom. The molecule has 0 fully saturated rings. The van der Waals surface area contributed by atoms with Crippen molar-refractivity contribution in [3.8, 4) is 5.75 Å². The summed E-state index contributed by atoms with van der Waals surface area (Å²) >= 11 is 0. The number of benzene rings is 1. The van der Waals surface area contributed by atoms with E-state index in [1.54, 1.807) is 20.8 Å². The van der Waals surface area contributed by atoms with Crippen LogP contribution in [0.1, 0.15) is 31.1 Å². The van der Waals surface area contributed by atoms with Crippen LogP contribution in [0, 0.1) is 17.0 Å². The predicted octanol–water partition coefficient (Wildman–Crippen LogP) is 2.90. The number of phenolic OH excluding ortho intramolecular Hbond substituents is 1. The van der Waals surface area contributed by atoms with Gasteiger partial charge in [0.2, 0.25) is 0 Å². The molecule has 0 saturated heterocycles. The van der Waals surface area contributed by atoms with Crippen LogP contribution in [0.4, 0.5) is 8.78 Å². The molecule has 1 aromatic rings. The standard InChI is InChI=1S/C11H12F2O2/c1-11(2,3)10(15)7-4-6(12)5-8(13)9(7)14/h4-5,14H,1-3H3. The Morgan fingerprint density at radius 2 is 1.80 bits per heavy atom. The van der Waals surface area contributed by atoms with Crippen molar-refractivity contribution < 1.29 is 18.7 Å². The predicted molar refractivity (Wildman–Crippen MR) is 51.8 cm³/mol. The van der Waals surface area contributed by atoms with Crippen LogP contribution in [0.25, 0.3) is 0 Å². The minimum atomic E-state index is -1.12. The van der Waals surface area contributed by atoms with Gasteiger partial charge in [-0.1, -0.05) is 20.8 Å². The van der Waals surface area contributed by atoms with E-state index in [2.05, 4.69) is 0 Å². The van der Waals surface area contributed by atoms with E-state index < -0.39 is 28.6 Å². The van der Waals surface area contributed by atoms with Gasteiger partial charge in [0.05, 0.1) is 5.56 Å². The monoisotopic (exact) mass is 214 g/mol. The van der Waals surface area contributed by atoms with Crippen molar-refractivity contribution in [1.82, 2.24) is 0 Å². The van der Waals surface area contributed by atoms with Gasteiger partial charge in [0.1, 0.15) is 5.82 Å². The van der Waals surface area contributed by atoms with Gasteiger partial charge in [-0.25, -0.2) is 8.78 Å². The fourth-order valence-corrected chi connectivity index (χ4v) is 1.14. The molecule has 0 heterocycles. The van der Waals surface area contributed by atoms with E-state index in [4.69, 9.17) is 0 Å². The average molecular weight is 214 g/mol. The van der Waals surface area contributed by atoms with Crippen LogP contribution in [0.2, 0.25) is 0 Å². The molecule has 1 N–H and O–H groups in total. The first kappa shape index (κ1) is 11.6. The van der Waals surface area contributed by atoms with Gasteiger partial charge in [-0.05, 0) is 6.07 Å². The molecule has 0 atom stereocenters. The van der Waals surface area contributed by atoms with Gasteiger partial charge in [0.25, 0.3) is 0 Å². The van der Waals surface area contributed by atoms with E-state index in [1.807, 2.05) is 0 Å². The molecule has 82 valence electrons. The Kier molecular flexibility index (Phi) is 2.79. The minimum Gasteiger partial charge on any atom is -0.504 e. The third kappa shape index (κ3) is 2.32. The number of carbonyl (C=O) groups is 1. The number of hydrogen-bond acceptors (Lipinski definition) is 2. The Hall–Kier alpha value is -1.45. The molecule has 0 bridgehead atoms. The van der Waals surface area contributed by atoms with Crippen LogP contribution in [0.15, 0.2) is 12.1 Å². The third-order valence-electron chi connectivity index (χ3n) is 1.95. The molecule has 0 aliphatic carbocycles. The quantitative estimate of drug-likeness (QED) is 0.730. The Labute approximate surface area is 86.5 Å². The number of rotatable bonds is 1. The topological polar surface area (TPSA) is 37.3 Å². The number of ketones is 1. The lowest BCUT2D eigenvalue weighted by molar-refractivity contribution is 0.0854. The highest BCUT2D eigenvalue weighted by molar-refractivity contribution is 6.02. The van der Waals surface area contributed by atoms with Gasteiger partial charge in [-0.3, -0.25) is 4.79 Å². The Balaban J connectivity index is 3.32. The minimum absolute atomic E-state index is 0.319. The maximum atomic E-state index is 12.9. The van der Waals surface area contributed by atoms with Crippen LogP contribution >= 0.6 is 0 Å². The fraction of sp³-hybridized carbons (Fsp3) is 0.364. The zero-order valence-corrected chi connectivity index (χ0v) is 8.77. The number of hydrogen-bond donors (Lipinski definition) is 1. The van der Waals surface area contributed by atoms with Gasteiger partial charge in [-0.2, -0.15) is 0 Å². The Bertz CT molecular complexity index is 406. The highest BCUT2D eigenvalue weighted by Crippen LogP contribution is 2.29. The summed E-state index contributed by atoms with van der Waals surface area (Å²) in [4.78, 5) is 11.7. The van der Waals surface area contributed by atoms with Crippen molar-refractivity contribution in [1.29, 1.82) is 0 Å². The van der Waals surface area contributed by atoms with Gasteiger partial charge < -0.3 is 5.11 Å². The van der Waals surface area contributed by atoms with Crippen LogP contribution in [0.5, 0.6) is 5.75 Å². The molecule has 0 aromatic heterocycles. The summed E-state index contributed by atoms with van der Waals surface area (Å²) in [5.74, 6) is -3.30. The van der Waals surface area contributed by atoms with Crippen LogP contribution < -0.4 is 0 Å². The van der Waals surface area contributed by atoms with Crippen LogP contribution in [0.3, 0.4) is 0 Å². The molecule has 1 aromatic carbocycles. The number of Topliss-reactive ketones (excluding diaryl/α,β-unsaturated/α-hetero) is 1. The summed E-state index contributed by atoms with van der Waals surface area (Å²) in [6, 6.07) is 1.38. The van der Waals surface area contributed by atoms with E-state index in [-0.39, 0.29) is 5.56 Å². The van der Waals surface area contributed by atoms with E-state index >= 15 is 0 Å². The normalized spacial score (nSPS) is 11.5. The zero-order chi connectivity index (χ0) is 11.8. The fourth-order valence-electron chi connectivity index (χ4n) is 1.14. The summed E-state index contributed by atoms with van der Waals surface area (Å²) in [6.07, 6.45) is 0. The molecular formula is C11H12F2O2. The van der Waals surface area contributed by atoms with Crippen molar-refractivity contribution in [2.75, 3.05) is 0 Å². The van der Waals surface area contributed by atoms with Crippen molar-refractivity contribution in [2.45, 2.75) is 20.8 Å². The first-order chi connectivity index (χ1) is 6.73. The van der Waals surface area contributed by atoms with Gasteiger partial charge in [0.15, 0.2) is 17.3 Å². The molecular weight excluding hydrogens is 202 g/mol. The SMILES string of the molecule is CC(C)(C)C(=O)c1cc(F)cc(F)c1O. The van der Waals surface area contributed by atoms with Crippen molar-refractivity contribution in [2.24, 2.45) is 5.41 Å². The average Bonchev–Trinajstić information content (AvgIpc) is 2.08. The lowest BCUT2D eigenvalue weighted by Crippen LogP contribution is -2.20. The molecule has 15 heavy (non-hydrogen) atoms. The van der Waals surface area contributed by atoms with Crippen molar-refractivity contribution >= 4 is 5.78 Å². The summed E-state index contributed by atoms with van der Waals surface area (Å²) in [6.45, 7) is 4.83. The second-order valence-corrected chi connectivity index (χ2v) is 4.36. The largest absolute Gasteiger partial charge is 0.504 e. The molecule has 0 aliphatic heterocycles. The number of aromatic hydroxyl groups is 1. The van der Waals surface area contributed by atoms with Gasteiger partial charge in [-0.15, -0.1) is 0 Å². The second-order valence-electron chi connectivity index (χ2n) is 4.36. The van der Waals surface area contributed by atoms with Crippen molar-refractivity contribution in [3.05, 3.63) is 29.3 Å². The second kappa shape index (κ2) is 3.61. The first-order valence-electron chi connectivity index (χ1n) is 4.46. The molecule has 1 rings (SSSR count). The number of carbonyl (C=O) groups excluding carboxylic acids is 1. The van der Waals surface area contributed by atoms with E-state index in [1.165, 1.54) is 0 Å². The third-order valence-corrected chi connectivity index (χ3v) is 1.95. The molecule has 0 unspecified atom stereocenters. The molecule has 0 spiro atoms. The van der Waals surface area contributed by atoms with Crippen molar-refractivity contribution in [3.63, 3.8) is 0 Å². The molecule has 0 aliphatic rings. The van der Waals surface area contributed by atoms with Gasteiger partial charge >= 0.3 is 0 Å². The smallest absolute Gasteiger partial charge is 0.172 e. The molecule has 0 amide bonds. The van der Waals surface area contributed by atoms with E-state index in [9.17, 15) is 18.7 Å². The summed E-state index contributed by atoms with van der Waals surface area (Å²) in [5.41, 5.74) is -1.11. The Morgan fingerprint density at radius 1 is 1.27 bits per heavy atom. The molecule has 2 nitrogen and oxygen atoms in total. The maximum absolute atomic E-state index is 12.9.